The molecule has 0 atom stereocenters. The molecule has 0 aliphatic rings. The molecule has 0 N–H and O–H groups in total. The van der Waals surface area contributed by atoms with E-state index in [1.807, 2.05) is 66.9 Å². The summed E-state index contributed by atoms with van der Waals surface area (Å²) in [7, 11) is 0. The summed E-state index contributed by atoms with van der Waals surface area (Å²) in [5.41, 5.74) is 4.28. The van der Waals surface area contributed by atoms with E-state index in [2.05, 4.69) is 45.2 Å². The lowest BCUT2D eigenvalue weighted by molar-refractivity contribution is 1.36. The van der Waals surface area contributed by atoms with Gasteiger partial charge in [-0.2, -0.15) is 0 Å². The summed E-state index contributed by atoms with van der Waals surface area (Å²) < 4.78 is 1.04. The van der Waals surface area contributed by atoms with Crippen LogP contribution < -0.4 is 0 Å². The first-order valence-electron chi connectivity index (χ1n) is 8.21. The predicted octanol–water partition coefficient (Wildman–Crippen LogP) is 6.99. The van der Waals surface area contributed by atoms with Crippen molar-refractivity contribution in [3.05, 3.63) is 95.0 Å². The Bertz CT molecular complexity index is 983. The van der Waals surface area contributed by atoms with E-state index in [0.717, 1.165) is 36.9 Å². The van der Waals surface area contributed by atoms with Crippen molar-refractivity contribution in [1.82, 2.24) is 4.98 Å². The van der Waals surface area contributed by atoms with Crippen molar-refractivity contribution < 1.29 is 0 Å². The van der Waals surface area contributed by atoms with E-state index < -0.39 is 0 Å². The van der Waals surface area contributed by atoms with Crippen molar-refractivity contribution in [3.8, 4) is 21.7 Å². The monoisotopic (exact) mass is 418 g/mol. The fraction of sp³-hybridized carbons (Fsp3) is 0. The molecule has 0 fully saturated rings. The highest BCUT2D eigenvalue weighted by molar-refractivity contribution is 9.10. The van der Waals surface area contributed by atoms with E-state index in [9.17, 15) is 0 Å². The third-order valence-electron chi connectivity index (χ3n) is 3.87. The summed E-state index contributed by atoms with van der Waals surface area (Å²) in [6.45, 7) is 0. The minimum Gasteiger partial charge on any atom is -0.227 e. The number of nitrogens with zero attached hydrogens (tertiary/aromatic N) is 2. The van der Waals surface area contributed by atoms with Gasteiger partial charge in [0.15, 0.2) is 0 Å². The van der Waals surface area contributed by atoms with Crippen molar-refractivity contribution in [3.63, 3.8) is 0 Å². The number of hydrogen-bond donors (Lipinski definition) is 0. The molecule has 0 saturated carbocycles. The molecule has 0 saturated heterocycles. The first-order valence-corrected chi connectivity index (χ1v) is 9.82. The van der Waals surface area contributed by atoms with Gasteiger partial charge < -0.3 is 0 Å². The Morgan fingerprint density at radius 2 is 1.50 bits per heavy atom. The molecule has 0 unspecified atom stereocenters. The van der Waals surface area contributed by atoms with Gasteiger partial charge in [-0.3, -0.25) is 0 Å². The topological polar surface area (TPSA) is 25.2 Å². The van der Waals surface area contributed by atoms with E-state index in [1.54, 1.807) is 11.3 Å². The molecule has 0 spiro atoms. The number of halogens is 1. The SMILES string of the molecule is Brc1cccc(C=Nc2nc(-c3ccccc3)c(-c3ccccc3)s2)c1. The summed E-state index contributed by atoms with van der Waals surface area (Å²) in [6, 6.07) is 28.7. The van der Waals surface area contributed by atoms with Crippen LogP contribution in [0.2, 0.25) is 0 Å². The summed E-state index contributed by atoms with van der Waals surface area (Å²) in [5, 5.41) is 0.752. The van der Waals surface area contributed by atoms with Crippen LogP contribution in [0.3, 0.4) is 0 Å². The van der Waals surface area contributed by atoms with Gasteiger partial charge in [0.25, 0.3) is 0 Å². The second-order valence-electron chi connectivity index (χ2n) is 5.72. The van der Waals surface area contributed by atoms with Crippen molar-refractivity contribution in [2.45, 2.75) is 0 Å². The number of aromatic nitrogens is 1. The van der Waals surface area contributed by atoms with Crippen LogP contribution in [0.25, 0.3) is 21.7 Å². The lowest BCUT2D eigenvalue weighted by Gasteiger charge is -2.02. The quantitative estimate of drug-likeness (QED) is 0.327. The Balaban J connectivity index is 1.76. The smallest absolute Gasteiger partial charge is 0.210 e. The molecule has 4 aromatic rings. The van der Waals surface area contributed by atoms with Gasteiger partial charge in [0.1, 0.15) is 0 Å². The van der Waals surface area contributed by atoms with Crippen LogP contribution in [0, 0.1) is 0 Å². The van der Waals surface area contributed by atoms with Gasteiger partial charge in [-0.15, -0.1) is 0 Å². The van der Waals surface area contributed by atoms with Crippen molar-refractivity contribution >= 4 is 38.6 Å². The fourth-order valence-electron chi connectivity index (χ4n) is 2.66. The molecule has 4 rings (SSSR count). The van der Waals surface area contributed by atoms with Gasteiger partial charge in [0.2, 0.25) is 5.13 Å². The largest absolute Gasteiger partial charge is 0.227 e. The second-order valence-corrected chi connectivity index (χ2v) is 7.61. The Morgan fingerprint density at radius 3 is 2.19 bits per heavy atom. The Labute approximate surface area is 165 Å². The van der Waals surface area contributed by atoms with E-state index in [-0.39, 0.29) is 0 Å². The number of aliphatic imine (C=N–C) groups is 1. The van der Waals surface area contributed by atoms with Crippen LogP contribution in [-0.2, 0) is 0 Å². The highest BCUT2D eigenvalue weighted by Gasteiger charge is 2.14. The van der Waals surface area contributed by atoms with Crippen LogP contribution in [0.1, 0.15) is 5.56 Å². The molecule has 2 nitrogen and oxygen atoms in total. The van der Waals surface area contributed by atoms with E-state index in [4.69, 9.17) is 4.98 Å². The number of rotatable bonds is 4. The van der Waals surface area contributed by atoms with E-state index in [0.29, 0.717) is 0 Å². The zero-order valence-corrected chi connectivity index (χ0v) is 16.2. The standard InChI is InChI=1S/C22H15BrN2S/c23-19-13-7-8-16(14-19)15-24-22-25-20(17-9-3-1-4-10-17)21(26-22)18-11-5-2-6-12-18/h1-15H. The maximum atomic E-state index is 4.80. The van der Waals surface area contributed by atoms with Gasteiger partial charge in [-0.1, -0.05) is 100 Å². The van der Waals surface area contributed by atoms with Crippen LogP contribution in [0.4, 0.5) is 5.13 Å². The zero-order chi connectivity index (χ0) is 17.8. The molecule has 3 aromatic carbocycles. The first kappa shape index (κ1) is 16.9. The van der Waals surface area contributed by atoms with Crippen LogP contribution in [0.15, 0.2) is 94.4 Å². The number of hydrogen-bond acceptors (Lipinski definition) is 3. The second kappa shape index (κ2) is 7.77. The van der Waals surface area contributed by atoms with Gasteiger partial charge in [0, 0.05) is 16.3 Å². The summed E-state index contributed by atoms with van der Waals surface area (Å²) >= 11 is 5.10. The third kappa shape index (κ3) is 3.82. The molecule has 126 valence electrons. The lowest BCUT2D eigenvalue weighted by atomic mass is 10.1. The molecule has 0 amide bonds. The van der Waals surface area contributed by atoms with Crippen molar-refractivity contribution in [1.29, 1.82) is 0 Å². The molecule has 0 bridgehead atoms. The minimum atomic E-state index is 0.752. The molecular formula is C22H15BrN2S. The maximum absolute atomic E-state index is 4.80. The highest BCUT2D eigenvalue weighted by Crippen LogP contribution is 2.39. The molecular weight excluding hydrogens is 404 g/mol. The molecule has 26 heavy (non-hydrogen) atoms. The maximum Gasteiger partial charge on any atom is 0.210 e. The molecule has 1 heterocycles. The van der Waals surface area contributed by atoms with Gasteiger partial charge in [0.05, 0.1) is 10.6 Å². The molecule has 0 aliphatic heterocycles. The van der Waals surface area contributed by atoms with Gasteiger partial charge >= 0.3 is 0 Å². The van der Waals surface area contributed by atoms with Crippen molar-refractivity contribution in [2.24, 2.45) is 4.99 Å². The first-order chi connectivity index (χ1) is 12.8. The lowest BCUT2D eigenvalue weighted by Crippen LogP contribution is -1.81. The molecule has 1 aromatic heterocycles. The predicted molar refractivity (Wildman–Crippen MR) is 114 cm³/mol. The van der Waals surface area contributed by atoms with Crippen molar-refractivity contribution in [2.75, 3.05) is 0 Å². The number of thiazole rings is 1. The van der Waals surface area contributed by atoms with Crippen LogP contribution >= 0.6 is 27.3 Å². The van der Waals surface area contributed by atoms with Crippen LogP contribution in [-0.4, -0.2) is 11.2 Å². The summed E-state index contributed by atoms with van der Waals surface area (Å²) in [6.07, 6.45) is 1.85. The Morgan fingerprint density at radius 1 is 0.808 bits per heavy atom. The zero-order valence-electron chi connectivity index (χ0n) is 13.8. The number of benzene rings is 3. The van der Waals surface area contributed by atoms with E-state index >= 15 is 0 Å². The Kier molecular flexibility index (Phi) is 5.04. The molecule has 0 radical (unpaired) electrons. The normalized spacial score (nSPS) is 11.1. The average Bonchev–Trinajstić information content (AvgIpc) is 3.12. The van der Waals surface area contributed by atoms with Crippen LogP contribution in [0.5, 0.6) is 0 Å². The highest BCUT2D eigenvalue weighted by atomic mass is 79.9. The third-order valence-corrected chi connectivity index (χ3v) is 5.38. The van der Waals surface area contributed by atoms with Gasteiger partial charge in [-0.05, 0) is 23.3 Å². The summed E-state index contributed by atoms with van der Waals surface area (Å²) in [5.74, 6) is 0. The molecule has 0 aliphatic carbocycles. The average molecular weight is 419 g/mol. The molecule has 4 heteroatoms. The fourth-order valence-corrected chi connectivity index (χ4v) is 4.01. The summed E-state index contributed by atoms with van der Waals surface area (Å²) in [4.78, 5) is 10.6. The van der Waals surface area contributed by atoms with Gasteiger partial charge in [-0.25, -0.2) is 9.98 Å². The Hall–Kier alpha value is -2.56. The van der Waals surface area contributed by atoms with E-state index in [1.165, 1.54) is 0 Å². The minimum absolute atomic E-state index is 0.752.